The number of fused-ring (bicyclic) bond motifs is 2. The highest BCUT2D eigenvalue weighted by Crippen LogP contribution is 2.57. The van der Waals surface area contributed by atoms with Crippen LogP contribution in [-0.4, -0.2) is 6.54 Å². The lowest BCUT2D eigenvalue weighted by molar-refractivity contribution is 0.301. The van der Waals surface area contributed by atoms with Gasteiger partial charge in [-0.1, -0.05) is 30.7 Å². The molecule has 1 aromatic carbocycles. The summed E-state index contributed by atoms with van der Waals surface area (Å²) in [7, 11) is 0. The van der Waals surface area contributed by atoms with Crippen LogP contribution in [0.2, 0.25) is 5.02 Å². The van der Waals surface area contributed by atoms with E-state index in [1.54, 1.807) is 0 Å². The molecule has 112 valence electrons. The summed E-state index contributed by atoms with van der Waals surface area (Å²) in [5.74, 6) is 3.78. The van der Waals surface area contributed by atoms with E-state index in [1.807, 2.05) is 12.1 Å². The molecular formula is C18H22ClNO. The Labute approximate surface area is 130 Å². The van der Waals surface area contributed by atoms with Crippen LogP contribution in [0.1, 0.15) is 44.4 Å². The van der Waals surface area contributed by atoms with Crippen molar-refractivity contribution in [2.45, 2.75) is 38.6 Å². The quantitative estimate of drug-likeness (QED) is 0.824. The van der Waals surface area contributed by atoms with E-state index in [0.29, 0.717) is 11.1 Å². The average molecular weight is 304 g/mol. The van der Waals surface area contributed by atoms with E-state index in [1.165, 1.54) is 19.3 Å². The Bertz CT molecular complexity index is 640. The van der Waals surface area contributed by atoms with Gasteiger partial charge in [0.15, 0.2) is 5.58 Å². The minimum atomic E-state index is 0.348. The van der Waals surface area contributed by atoms with Crippen molar-refractivity contribution in [1.29, 1.82) is 0 Å². The van der Waals surface area contributed by atoms with Gasteiger partial charge in [0.2, 0.25) is 0 Å². The third-order valence-electron chi connectivity index (χ3n) is 5.19. The third kappa shape index (κ3) is 2.49. The second kappa shape index (κ2) is 5.33. The number of nitrogens with one attached hydrogen (secondary N) is 1. The van der Waals surface area contributed by atoms with Crippen molar-refractivity contribution in [3.05, 3.63) is 35.0 Å². The van der Waals surface area contributed by atoms with E-state index in [-0.39, 0.29) is 0 Å². The van der Waals surface area contributed by atoms with Gasteiger partial charge in [-0.25, -0.2) is 0 Å². The van der Waals surface area contributed by atoms with Crippen LogP contribution in [0, 0.1) is 17.8 Å². The Morgan fingerprint density at radius 2 is 2.10 bits per heavy atom. The standard InChI is InChI=1S/C18H22ClNO/c1-2-6-20-17(14-8-12-7-13(12)9-14)16-10-11-4-3-5-15(19)18(11)21-16/h3-5,10,12-14,17,20H,2,6-9H2,1H3. The lowest BCUT2D eigenvalue weighted by atomic mass is 9.92. The molecule has 3 unspecified atom stereocenters. The summed E-state index contributed by atoms with van der Waals surface area (Å²) >= 11 is 6.26. The van der Waals surface area contributed by atoms with Gasteiger partial charge >= 0.3 is 0 Å². The molecule has 1 aromatic heterocycles. The maximum absolute atomic E-state index is 6.26. The Balaban J connectivity index is 1.65. The van der Waals surface area contributed by atoms with Crippen molar-refractivity contribution >= 4 is 22.6 Å². The lowest BCUT2D eigenvalue weighted by Gasteiger charge is -2.24. The zero-order chi connectivity index (χ0) is 14.4. The minimum absolute atomic E-state index is 0.348. The van der Waals surface area contributed by atoms with Crippen molar-refractivity contribution in [3.63, 3.8) is 0 Å². The molecule has 2 saturated carbocycles. The van der Waals surface area contributed by atoms with Crippen LogP contribution in [0.3, 0.4) is 0 Å². The topological polar surface area (TPSA) is 25.2 Å². The van der Waals surface area contributed by atoms with E-state index in [0.717, 1.165) is 47.4 Å². The smallest absolute Gasteiger partial charge is 0.152 e. The molecule has 4 rings (SSSR count). The van der Waals surface area contributed by atoms with E-state index in [9.17, 15) is 0 Å². The summed E-state index contributed by atoms with van der Waals surface area (Å²) in [5, 5.41) is 5.54. The summed E-state index contributed by atoms with van der Waals surface area (Å²) < 4.78 is 6.13. The fourth-order valence-electron chi connectivity index (χ4n) is 4.03. The average Bonchev–Trinajstić information content (AvgIpc) is 2.90. The molecule has 3 heteroatoms. The summed E-state index contributed by atoms with van der Waals surface area (Å²) in [6.45, 7) is 3.26. The van der Waals surface area contributed by atoms with Gasteiger partial charge in [-0.15, -0.1) is 0 Å². The van der Waals surface area contributed by atoms with Crippen molar-refractivity contribution in [1.82, 2.24) is 5.32 Å². The first kappa shape index (κ1) is 13.7. The predicted octanol–water partition coefficient (Wildman–Crippen LogP) is 5.17. The second-order valence-corrected chi connectivity index (χ2v) is 7.13. The Kier molecular flexibility index (Phi) is 3.47. The molecule has 2 nitrogen and oxygen atoms in total. The first-order valence-corrected chi connectivity index (χ1v) is 8.55. The highest BCUT2D eigenvalue weighted by Gasteiger charge is 2.48. The van der Waals surface area contributed by atoms with Crippen molar-refractivity contribution in [2.75, 3.05) is 6.54 Å². The van der Waals surface area contributed by atoms with Gasteiger partial charge in [0.25, 0.3) is 0 Å². The highest BCUT2D eigenvalue weighted by molar-refractivity contribution is 6.34. The first-order chi connectivity index (χ1) is 10.3. The van der Waals surface area contributed by atoms with Gasteiger partial charge in [-0.05, 0) is 62.1 Å². The van der Waals surface area contributed by atoms with E-state index in [4.69, 9.17) is 16.0 Å². The van der Waals surface area contributed by atoms with Crippen LogP contribution >= 0.6 is 11.6 Å². The molecule has 1 N–H and O–H groups in total. The molecule has 0 aliphatic heterocycles. The molecule has 21 heavy (non-hydrogen) atoms. The Morgan fingerprint density at radius 1 is 1.29 bits per heavy atom. The van der Waals surface area contributed by atoms with Gasteiger partial charge in [0.05, 0.1) is 11.1 Å². The molecule has 2 aliphatic carbocycles. The largest absolute Gasteiger partial charge is 0.458 e. The number of halogens is 1. The summed E-state index contributed by atoms with van der Waals surface area (Å²) in [5.41, 5.74) is 0.834. The van der Waals surface area contributed by atoms with Crippen molar-refractivity contribution in [2.24, 2.45) is 17.8 Å². The van der Waals surface area contributed by atoms with E-state index < -0.39 is 0 Å². The maximum Gasteiger partial charge on any atom is 0.152 e. The summed E-state index contributed by atoms with van der Waals surface area (Å²) in [4.78, 5) is 0. The number of benzene rings is 1. The van der Waals surface area contributed by atoms with Gasteiger partial charge < -0.3 is 9.73 Å². The zero-order valence-electron chi connectivity index (χ0n) is 12.4. The van der Waals surface area contributed by atoms with Crippen LogP contribution in [-0.2, 0) is 0 Å². The lowest BCUT2D eigenvalue weighted by Crippen LogP contribution is -2.28. The normalized spacial score (nSPS) is 28.8. The van der Waals surface area contributed by atoms with E-state index >= 15 is 0 Å². The summed E-state index contributed by atoms with van der Waals surface area (Å²) in [6.07, 6.45) is 5.33. The number of rotatable bonds is 5. The predicted molar refractivity (Wildman–Crippen MR) is 86.6 cm³/mol. The molecule has 2 fully saturated rings. The molecule has 0 bridgehead atoms. The molecule has 0 radical (unpaired) electrons. The van der Waals surface area contributed by atoms with E-state index in [2.05, 4.69) is 24.4 Å². The Morgan fingerprint density at radius 3 is 2.81 bits per heavy atom. The van der Waals surface area contributed by atoms with Crippen molar-refractivity contribution < 1.29 is 4.42 Å². The van der Waals surface area contributed by atoms with Gasteiger partial charge in [0.1, 0.15) is 5.76 Å². The SMILES string of the molecule is CCCNC(c1cc2cccc(Cl)c2o1)C1CC2CC2C1. The molecule has 1 heterocycles. The third-order valence-corrected chi connectivity index (χ3v) is 5.48. The van der Waals surface area contributed by atoms with Crippen LogP contribution in [0.5, 0.6) is 0 Å². The first-order valence-electron chi connectivity index (χ1n) is 8.17. The highest BCUT2D eigenvalue weighted by atomic mass is 35.5. The number of hydrogen-bond donors (Lipinski definition) is 1. The zero-order valence-corrected chi connectivity index (χ0v) is 13.2. The fraction of sp³-hybridized carbons (Fsp3) is 0.556. The minimum Gasteiger partial charge on any atom is -0.458 e. The second-order valence-electron chi connectivity index (χ2n) is 6.73. The van der Waals surface area contributed by atoms with Gasteiger partial charge in [-0.3, -0.25) is 0 Å². The van der Waals surface area contributed by atoms with Gasteiger partial charge in [-0.2, -0.15) is 0 Å². The molecule has 0 saturated heterocycles. The fourth-order valence-corrected chi connectivity index (χ4v) is 4.25. The molecule has 2 aliphatic rings. The maximum atomic E-state index is 6.26. The Hall–Kier alpha value is -0.990. The molecule has 2 aromatic rings. The van der Waals surface area contributed by atoms with Crippen LogP contribution in [0.4, 0.5) is 0 Å². The summed E-state index contributed by atoms with van der Waals surface area (Å²) in [6, 6.07) is 8.50. The molecule has 0 spiro atoms. The van der Waals surface area contributed by atoms with Crippen LogP contribution < -0.4 is 5.32 Å². The molecule has 0 amide bonds. The van der Waals surface area contributed by atoms with Crippen molar-refractivity contribution in [3.8, 4) is 0 Å². The van der Waals surface area contributed by atoms with Crippen LogP contribution in [0.25, 0.3) is 11.0 Å². The van der Waals surface area contributed by atoms with Crippen LogP contribution in [0.15, 0.2) is 28.7 Å². The van der Waals surface area contributed by atoms with Gasteiger partial charge in [0, 0.05) is 5.39 Å². The number of para-hydroxylation sites is 1. The number of hydrogen-bond acceptors (Lipinski definition) is 2. The monoisotopic (exact) mass is 303 g/mol. The number of furan rings is 1. The molecule has 3 atom stereocenters. The molecular weight excluding hydrogens is 282 g/mol.